The van der Waals surface area contributed by atoms with Crippen LogP contribution in [0.5, 0.6) is 5.75 Å². The number of aryl methyl sites for hydroxylation is 1. The minimum Gasteiger partial charge on any atom is -0.494 e. The van der Waals surface area contributed by atoms with E-state index >= 15 is 0 Å². The first-order chi connectivity index (χ1) is 8.79. The van der Waals surface area contributed by atoms with E-state index in [9.17, 15) is 0 Å². The Balaban J connectivity index is 2.00. The van der Waals surface area contributed by atoms with Crippen molar-refractivity contribution in [3.8, 4) is 5.75 Å². The molecule has 1 aliphatic rings. The van der Waals surface area contributed by atoms with Crippen LogP contribution in [-0.2, 0) is 13.5 Å². The van der Waals surface area contributed by atoms with Crippen LogP contribution in [0, 0.1) is 0 Å². The molecule has 4 heteroatoms. The van der Waals surface area contributed by atoms with Gasteiger partial charge in [0.05, 0.1) is 12.6 Å². The summed E-state index contributed by atoms with van der Waals surface area (Å²) in [5.74, 6) is 2.03. The molecule has 0 amide bonds. The highest BCUT2D eigenvalue weighted by Gasteiger charge is 2.19. The molecule has 1 aromatic carbocycles. The lowest BCUT2D eigenvalue weighted by Gasteiger charge is -2.10. The fourth-order valence-electron chi connectivity index (χ4n) is 2.78. The molecule has 96 valence electrons. The SMILES string of the molecule is COc1cccc2nc(CC3CCCN3)n(C)c12. The quantitative estimate of drug-likeness (QED) is 0.897. The number of methoxy groups -OCH3 is 1. The average Bonchev–Trinajstić information content (AvgIpc) is 2.99. The summed E-state index contributed by atoms with van der Waals surface area (Å²) in [6.45, 7) is 1.14. The van der Waals surface area contributed by atoms with Crippen molar-refractivity contribution in [1.82, 2.24) is 14.9 Å². The van der Waals surface area contributed by atoms with Gasteiger partial charge in [-0.3, -0.25) is 0 Å². The molecular formula is C14H19N3O. The summed E-state index contributed by atoms with van der Waals surface area (Å²) in [7, 11) is 3.78. The number of hydrogen-bond donors (Lipinski definition) is 1. The van der Waals surface area contributed by atoms with E-state index in [0.717, 1.165) is 35.6 Å². The van der Waals surface area contributed by atoms with Gasteiger partial charge in [0.25, 0.3) is 0 Å². The Morgan fingerprint density at radius 3 is 3.11 bits per heavy atom. The number of para-hydroxylation sites is 1. The number of benzene rings is 1. The third-order valence-electron chi connectivity index (χ3n) is 3.76. The first-order valence-corrected chi connectivity index (χ1v) is 6.51. The molecule has 3 rings (SSSR count). The first kappa shape index (κ1) is 11.5. The second kappa shape index (κ2) is 4.61. The lowest BCUT2D eigenvalue weighted by molar-refractivity contribution is 0.417. The van der Waals surface area contributed by atoms with Gasteiger partial charge < -0.3 is 14.6 Å². The second-order valence-electron chi connectivity index (χ2n) is 4.91. The van der Waals surface area contributed by atoms with Gasteiger partial charge in [-0.15, -0.1) is 0 Å². The van der Waals surface area contributed by atoms with Crippen LogP contribution in [-0.4, -0.2) is 29.2 Å². The minimum atomic E-state index is 0.575. The maximum atomic E-state index is 5.42. The van der Waals surface area contributed by atoms with Crippen molar-refractivity contribution >= 4 is 11.0 Å². The Morgan fingerprint density at radius 1 is 1.50 bits per heavy atom. The van der Waals surface area contributed by atoms with E-state index < -0.39 is 0 Å². The van der Waals surface area contributed by atoms with Crippen LogP contribution in [0.4, 0.5) is 0 Å². The van der Waals surface area contributed by atoms with Crippen LogP contribution in [0.15, 0.2) is 18.2 Å². The summed E-state index contributed by atoms with van der Waals surface area (Å²) < 4.78 is 7.58. The summed E-state index contributed by atoms with van der Waals surface area (Å²) in [6, 6.07) is 6.60. The molecule has 1 aromatic heterocycles. The molecule has 0 aliphatic carbocycles. The highest BCUT2D eigenvalue weighted by Crippen LogP contribution is 2.26. The molecule has 2 heterocycles. The maximum absolute atomic E-state index is 5.42. The summed E-state index contributed by atoms with van der Waals surface area (Å²) in [4.78, 5) is 4.73. The third kappa shape index (κ3) is 1.86. The molecule has 1 fully saturated rings. The average molecular weight is 245 g/mol. The van der Waals surface area contributed by atoms with Gasteiger partial charge in [0.2, 0.25) is 0 Å². The normalized spacial score (nSPS) is 19.6. The van der Waals surface area contributed by atoms with Crippen LogP contribution >= 0.6 is 0 Å². The molecule has 1 N–H and O–H groups in total. The van der Waals surface area contributed by atoms with Crippen LogP contribution in [0.3, 0.4) is 0 Å². The van der Waals surface area contributed by atoms with Crippen molar-refractivity contribution in [2.24, 2.45) is 7.05 Å². The number of fused-ring (bicyclic) bond motifs is 1. The number of aromatic nitrogens is 2. The Bertz CT molecular complexity index is 555. The van der Waals surface area contributed by atoms with Gasteiger partial charge in [0.1, 0.15) is 17.1 Å². The lowest BCUT2D eigenvalue weighted by Crippen LogP contribution is -2.25. The van der Waals surface area contributed by atoms with Crippen LogP contribution < -0.4 is 10.1 Å². The smallest absolute Gasteiger partial charge is 0.144 e. The third-order valence-corrected chi connectivity index (χ3v) is 3.76. The zero-order valence-corrected chi connectivity index (χ0v) is 10.9. The number of hydrogen-bond acceptors (Lipinski definition) is 3. The number of nitrogens with one attached hydrogen (secondary N) is 1. The second-order valence-corrected chi connectivity index (χ2v) is 4.91. The van der Waals surface area contributed by atoms with E-state index in [2.05, 4.69) is 16.9 Å². The van der Waals surface area contributed by atoms with Crippen molar-refractivity contribution < 1.29 is 4.74 Å². The van der Waals surface area contributed by atoms with Gasteiger partial charge in [-0.05, 0) is 31.5 Å². The molecule has 1 saturated heterocycles. The highest BCUT2D eigenvalue weighted by atomic mass is 16.5. The Morgan fingerprint density at radius 2 is 2.39 bits per heavy atom. The van der Waals surface area contributed by atoms with Crippen molar-refractivity contribution in [1.29, 1.82) is 0 Å². The molecule has 1 unspecified atom stereocenters. The summed E-state index contributed by atoms with van der Waals surface area (Å²) in [5, 5.41) is 3.52. The monoisotopic (exact) mass is 245 g/mol. The Kier molecular flexibility index (Phi) is 2.96. The topological polar surface area (TPSA) is 39.1 Å². The van der Waals surface area contributed by atoms with E-state index in [1.807, 2.05) is 18.2 Å². The number of rotatable bonds is 3. The predicted molar refractivity (Wildman–Crippen MR) is 72.0 cm³/mol. The van der Waals surface area contributed by atoms with Crippen molar-refractivity contribution in [3.63, 3.8) is 0 Å². The zero-order valence-electron chi connectivity index (χ0n) is 10.9. The van der Waals surface area contributed by atoms with Crippen LogP contribution in [0.1, 0.15) is 18.7 Å². The van der Waals surface area contributed by atoms with Crippen molar-refractivity contribution in [3.05, 3.63) is 24.0 Å². The molecule has 0 radical (unpaired) electrons. The van der Waals surface area contributed by atoms with Gasteiger partial charge in [-0.1, -0.05) is 6.07 Å². The lowest BCUT2D eigenvalue weighted by atomic mass is 10.1. The molecule has 1 atom stereocenters. The van der Waals surface area contributed by atoms with E-state index in [4.69, 9.17) is 9.72 Å². The maximum Gasteiger partial charge on any atom is 0.144 e. The van der Waals surface area contributed by atoms with E-state index in [-0.39, 0.29) is 0 Å². The van der Waals surface area contributed by atoms with Gasteiger partial charge in [-0.2, -0.15) is 0 Å². The fraction of sp³-hybridized carbons (Fsp3) is 0.500. The molecule has 4 nitrogen and oxygen atoms in total. The first-order valence-electron chi connectivity index (χ1n) is 6.51. The fourth-order valence-corrected chi connectivity index (χ4v) is 2.78. The van der Waals surface area contributed by atoms with Crippen molar-refractivity contribution in [2.45, 2.75) is 25.3 Å². The summed E-state index contributed by atoms with van der Waals surface area (Å²) in [5.41, 5.74) is 2.11. The van der Waals surface area contributed by atoms with Gasteiger partial charge in [-0.25, -0.2) is 4.98 Å². The molecule has 1 aliphatic heterocycles. The van der Waals surface area contributed by atoms with Crippen molar-refractivity contribution in [2.75, 3.05) is 13.7 Å². The number of imidazole rings is 1. The van der Waals surface area contributed by atoms with Crippen LogP contribution in [0.2, 0.25) is 0 Å². The van der Waals surface area contributed by atoms with E-state index in [1.165, 1.54) is 12.8 Å². The zero-order chi connectivity index (χ0) is 12.5. The molecule has 0 spiro atoms. The molecule has 18 heavy (non-hydrogen) atoms. The number of nitrogens with zero attached hydrogens (tertiary/aromatic N) is 2. The van der Waals surface area contributed by atoms with Gasteiger partial charge >= 0.3 is 0 Å². The summed E-state index contributed by atoms with van der Waals surface area (Å²) >= 11 is 0. The van der Waals surface area contributed by atoms with Crippen LogP contribution in [0.25, 0.3) is 11.0 Å². The largest absolute Gasteiger partial charge is 0.494 e. The number of ether oxygens (including phenoxy) is 1. The summed E-state index contributed by atoms with van der Waals surface area (Å²) in [6.07, 6.45) is 3.52. The van der Waals surface area contributed by atoms with Gasteiger partial charge in [0, 0.05) is 19.5 Å². The molecular weight excluding hydrogens is 226 g/mol. The minimum absolute atomic E-state index is 0.575. The standard InChI is InChI=1S/C14H19N3O/c1-17-13(9-10-5-4-8-15-10)16-11-6-3-7-12(18-2)14(11)17/h3,6-7,10,15H,4-5,8-9H2,1-2H3. The predicted octanol–water partition coefficient (Wildman–Crippen LogP) is 1.88. The van der Waals surface area contributed by atoms with E-state index in [0.29, 0.717) is 6.04 Å². The van der Waals surface area contributed by atoms with E-state index in [1.54, 1.807) is 7.11 Å². The van der Waals surface area contributed by atoms with Gasteiger partial charge in [0.15, 0.2) is 0 Å². The Hall–Kier alpha value is -1.55. The molecule has 0 saturated carbocycles. The highest BCUT2D eigenvalue weighted by molar-refractivity contribution is 5.82. The molecule has 2 aromatic rings. The Labute approximate surface area is 107 Å². The molecule has 0 bridgehead atoms.